The number of aryl methyl sites for hydroxylation is 1. The summed E-state index contributed by atoms with van der Waals surface area (Å²) < 4.78 is 1.04. The molecule has 0 radical (unpaired) electrons. The molecule has 0 aliphatic carbocycles. The normalized spacial score (nSPS) is 15.9. The molecule has 0 bridgehead atoms. The van der Waals surface area contributed by atoms with Gasteiger partial charge in [-0.15, -0.1) is 0 Å². The summed E-state index contributed by atoms with van der Waals surface area (Å²) in [5, 5.41) is 4.75. The summed E-state index contributed by atoms with van der Waals surface area (Å²) in [7, 11) is 0. The number of nitrogens with one attached hydrogen (secondary N) is 1. The van der Waals surface area contributed by atoms with Gasteiger partial charge >= 0.3 is 6.03 Å². The van der Waals surface area contributed by atoms with Crippen molar-refractivity contribution in [2.45, 2.75) is 33.2 Å². The molecule has 0 unspecified atom stereocenters. The summed E-state index contributed by atoms with van der Waals surface area (Å²) in [5.41, 5.74) is 1.91. The molecule has 1 aliphatic heterocycles. The summed E-state index contributed by atoms with van der Waals surface area (Å²) >= 11 is 7.93. The van der Waals surface area contributed by atoms with Crippen molar-refractivity contribution in [3.8, 4) is 0 Å². The van der Waals surface area contributed by atoms with Crippen molar-refractivity contribution >= 4 is 44.3 Å². The first-order valence-corrected chi connectivity index (χ1v) is 9.32. The minimum absolute atomic E-state index is 0.00494. The Labute approximate surface area is 151 Å². The molecule has 1 aromatic heterocycles. The van der Waals surface area contributed by atoms with Crippen molar-refractivity contribution < 1.29 is 4.79 Å². The highest BCUT2D eigenvalue weighted by Gasteiger charge is 2.25. The molecule has 0 saturated carbocycles. The highest BCUT2D eigenvalue weighted by Crippen LogP contribution is 2.35. The van der Waals surface area contributed by atoms with Gasteiger partial charge in [-0.1, -0.05) is 29.0 Å². The summed E-state index contributed by atoms with van der Waals surface area (Å²) in [6.07, 6.45) is 0. The number of urea groups is 1. The number of piperazine rings is 1. The van der Waals surface area contributed by atoms with Gasteiger partial charge in [0.25, 0.3) is 0 Å². The van der Waals surface area contributed by atoms with Crippen LogP contribution in [0, 0.1) is 6.92 Å². The maximum absolute atomic E-state index is 12.3. The minimum Gasteiger partial charge on any atom is -0.345 e. The number of hydrogen-bond acceptors (Lipinski definition) is 4. The fourth-order valence-electron chi connectivity index (χ4n) is 2.73. The van der Waals surface area contributed by atoms with Gasteiger partial charge in [0, 0.05) is 31.7 Å². The molecular formula is C17H23ClN4OS. The Balaban J connectivity index is 1.70. The van der Waals surface area contributed by atoms with Crippen LogP contribution in [0.3, 0.4) is 0 Å². The molecule has 130 valence electrons. The average Bonchev–Trinajstić information content (AvgIpc) is 2.96. The van der Waals surface area contributed by atoms with Crippen LogP contribution >= 0.6 is 22.9 Å². The van der Waals surface area contributed by atoms with E-state index in [1.807, 2.05) is 37.8 Å². The molecule has 2 aromatic rings. The summed E-state index contributed by atoms with van der Waals surface area (Å²) in [4.78, 5) is 21.1. The Morgan fingerprint density at radius 3 is 2.50 bits per heavy atom. The number of fused-ring (bicyclic) bond motifs is 1. The predicted octanol–water partition coefficient (Wildman–Crippen LogP) is 3.89. The fourth-order valence-corrected chi connectivity index (χ4v) is 4.09. The number of amides is 2. The minimum atomic E-state index is -0.213. The van der Waals surface area contributed by atoms with E-state index in [0.717, 1.165) is 39.0 Å². The van der Waals surface area contributed by atoms with Gasteiger partial charge in [0.15, 0.2) is 5.13 Å². The molecule has 2 heterocycles. The maximum Gasteiger partial charge on any atom is 0.317 e. The van der Waals surface area contributed by atoms with E-state index in [-0.39, 0.29) is 11.6 Å². The van der Waals surface area contributed by atoms with Crippen molar-refractivity contribution in [1.29, 1.82) is 0 Å². The van der Waals surface area contributed by atoms with Crippen LogP contribution in [0.25, 0.3) is 10.2 Å². The van der Waals surface area contributed by atoms with Crippen molar-refractivity contribution in [3.63, 3.8) is 0 Å². The highest BCUT2D eigenvalue weighted by molar-refractivity contribution is 7.22. The number of aromatic nitrogens is 1. The Morgan fingerprint density at radius 1 is 1.25 bits per heavy atom. The second kappa shape index (κ2) is 6.41. The van der Waals surface area contributed by atoms with E-state index >= 15 is 0 Å². The topological polar surface area (TPSA) is 48.5 Å². The van der Waals surface area contributed by atoms with Crippen LogP contribution < -0.4 is 10.2 Å². The highest BCUT2D eigenvalue weighted by atomic mass is 35.5. The lowest BCUT2D eigenvalue weighted by molar-refractivity contribution is 0.185. The number of rotatable bonds is 1. The quantitative estimate of drug-likeness (QED) is 0.832. The fraction of sp³-hybridized carbons (Fsp3) is 0.529. The van der Waals surface area contributed by atoms with Crippen LogP contribution in [0.1, 0.15) is 26.3 Å². The molecule has 1 fully saturated rings. The van der Waals surface area contributed by atoms with Gasteiger partial charge in [0.2, 0.25) is 0 Å². The molecule has 2 amide bonds. The number of carbonyl (C=O) groups excluding carboxylic acids is 1. The monoisotopic (exact) mass is 366 g/mol. The molecule has 0 spiro atoms. The molecule has 1 saturated heterocycles. The maximum atomic E-state index is 12.3. The third kappa shape index (κ3) is 3.59. The Bertz CT molecular complexity index is 721. The van der Waals surface area contributed by atoms with E-state index in [0.29, 0.717) is 13.1 Å². The zero-order chi connectivity index (χ0) is 17.5. The van der Waals surface area contributed by atoms with E-state index in [2.05, 4.69) is 17.1 Å². The van der Waals surface area contributed by atoms with Crippen LogP contribution in [0.2, 0.25) is 5.02 Å². The number of nitrogens with zero attached hydrogens (tertiary/aromatic N) is 3. The third-order valence-electron chi connectivity index (χ3n) is 4.01. The molecule has 1 N–H and O–H groups in total. The van der Waals surface area contributed by atoms with Gasteiger partial charge in [0.05, 0.1) is 15.2 Å². The van der Waals surface area contributed by atoms with Crippen molar-refractivity contribution in [3.05, 3.63) is 22.7 Å². The van der Waals surface area contributed by atoms with Crippen LogP contribution in [-0.4, -0.2) is 47.6 Å². The first-order valence-electron chi connectivity index (χ1n) is 8.12. The van der Waals surface area contributed by atoms with Gasteiger partial charge in [-0.2, -0.15) is 0 Å². The molecule has 1 aromatic carbocycles. The molecule has 3 rings (SSSR count). The van der Waals surface area contributed by atoms with Crippen LogP contribution in [0.5, 0.6) is 0 Å². The van der Waals surface area contributed by atoms with E-state index in [1.165, 1.54) is 0 Å². The SMILES string of the molecule is Cc1ccc(Cl)c2sc(N3CCN(C(=O)NC(C)(C)C)CC3)nc12. The Kier molecular flexibility index (Phi) is 4.62. The second-order valence-electron chi connectivity index (χ2n) is 7.19. The summed E-state index contributed by atoms with van der Waals surface area (Å²) in [5.74, 6) is 0. The molecule has 1 aliphatic rings. The smallest absolute Gasteiger partial charge is 0.317 e. The number of benzene rings is 1. The summed E-state index contributed by atoms with van der Waals surface area (Å²) in [6, 6.07) is 3.93. The average molecular weight is 367 g/mol. The van der Waals surface area contributed by atoms with Gasteiger partial charge in [-0.05, 0) is 39.3 Å². The zero-order valence-electron chi connectivity index (χ0n) is 14.5. The van der Waals surface area contributed by atoms with Crippen LogP contribution in [0.15, 0.2) is 12.1 Å². The van der Waals surface area contributed by atoms with Crippen molar-refractivity contribution in [2.75, 3.05) is 31.1 Å². The largest absolute Gasteiger partial charge is 0.345 e. The Hall–Kier alpha value is -1.53. The number of anilines is 1. The molecule has 24 heavy (non-hydrogen) atoms. The second-order valence-corrected chi connectivity index (χ2v) is 8.58. The number of halogens is 1. The van der Waals surface area contributed by atoms with Crippen molar-refractivity contribution in [2.24, 2.45) is 0 Å². The van der Waals surface area contributed by atoms with Crippen LogP contribution in [-0.2, 0) is 0 Å². The lowest BCUT2D eigenvalue weighted by Crippen LogP contribution is -2.55. The first-order chi connectivity index (χ1) is 11.2. The van der Waals surface area contributed by atoms with Gasteiger partial charge in [0.1, 0.15) is 0 Å². The number of thiazole rings is 1. The van der Waals surface area contributed by atoms with E-state index < -0.39 is 0 Å². The molecule has 7 heteroatoms. The lowest BCUT2D eigenvalue weighted by Gasteiger charge is -2.36. The van der Waals surface area contributed by atoms with Gasteiger partial charge in [-0.3, -0.25) is 0 Å². The standard InChI is InChI=1S/C17H23ClN4OS/c1-11-5-6-12(18)14-13(11)19-16(24-14)22-9-7-21(8-10-22)15(23)20-17(2,3)4/h5-6H,7-10H2,1-4H3,(H,20,23). The van der Waals surface area contributed by atoms with E-state index in [1.54, 1.807) is 11.3 Å². The predicted molar refractivity (Wildman–Crippen MR) is 101 cm³/mol. The molecular weight excluding hydrogens is 344 g/mol. The van der Waals surface area contributed by atoms with Gasteiger partial charge in [-0.25, -0.2) is 9.78 Å². The van der Waals surface area contributed by atoms with E-state index in [9.17, 15) is 4.79 Å². The first kappa shape index (κ1) is 17.3. The van der Waals surface area contributed by atoms with E-state index in [4.69, 9.17) is 16.6 Å². The van der Waals surface area contributed by atoms with Crippen LogP contribution in [0.4, 0.5) is 9.93 Å². The van der Waals surface area contributed by atoms with Crippen molar-refractivity contribution in [1.82, 2.24) is 15.2 Å². The molecule has 0 atom stereocenters. The third-order valence-corrected chi connectivity index (χ3v) is 5.58. The van der Waals surface area contributed by atoms with Gasteiger partial charge < -0.3 is 15.1 Å². The zero-order valence-corrected chi connectivity index (χ0v) is 16.1. The lowest BCUT2D eigenvalue weighted by atomic mass is 10.1. The number of hydrogen-bond donors (Lipinski definition) is 1. The number of carbonyl (C=O) groups is 1. The Morgan fingerprint density at radius 2 is 1.92 bits per heavy atom. The molecule has 5 nitrogen and oxygen atoms in total. The summed E-state index contributed by atoms with van der Waals surface area (Å²) in [6.45, 7) is 11.0.